The number of hydrogen-bond donors (Lipinski definition) is 1. The molecule has 98 valence electrons. The summed E-state index contributed by atoms with van der Waals surface area (Å²) in [6, 6.07) is 10.7. The van der Waals surface area contributed by atoms with Crippen LogP contribution in [0.4, 0.5) is 0 Å². The van der Waals surface area contributed by atoms with Crippen molar-refractivity contribution >= 4 is 6.08 Å². The van der Waals surface area contributed by atoms with Crippen molar-refractivity contribution in [1.82, 2.24) is 5.32 Å². The Hall–Kier alpha value is -1.54. The number of allylic oxidation sites excluding steroid dienone is 1. The van der Waals surface area contributed by atoms with E-state index >= 15 is 0 Å². The fourth-order valence-electron chi connectivity index (χ4n) is 1.53. The first kappa shape index (κ1) is 14.5. The molecule has 1 N–H and O–H groups in total. The highest BCUT2D eigenvalue weighted by Gasteiger charge is 1.95. The fourth-order valence-corrected chi connectivity index (χ4v) is 1.53. The highest BCUT2D eigenvalue weighted by molar-refractivity contribution is 5.52. The van der Waals surface area contributed by atoms with Crippen LogP contribution in [0.1, 0.15) is 26.3 Å². The van der Waals surface area contributed by atoms with Crippen LogP contribution in [0.25, 0.3) is 6.08 Å². The molecule has 0 fully saturated rings. The molecule has 0 aliphatic rings. The van der Waals surface area contributed by atoms with Crippen molar-refractivity contribution in [2.24, 2.45) is 0 Å². The first-order valence-corrected chi connectivity index (χ1v) is 6.50. The number of nitrogens with one attached hydrogen (secondary N) is 1. The Bertz CT molecular complexity index is 379. The Balaban J connectivity index is 2.65. The Morgan fingerprint density at radius 3 is 2.61 bits per heavy atom. The third-order valence-electron chi connectivity index (χ3n) is 2.34. The third-order valence-corrected chi connectivity index (χ3v) is 2.34. The Kier molecular flexibility index (Phi) is 6.89. The van der Waals surface area contributed by atoms with Gasteiger partial charge in [0.1, 0.15) is 0 Å². The van der Waals surface area contributed by atoms with Gasteiger partial charge in [-0.05, 0) is 38.5 Å². The predicted molar refractivity (Wildman–Crippen MR) is 78.3 cm³/mol. The average Bonchev–Trinajstić information content (AvgIpc) is 2.37. The van der Waals surface area contributed by atoms with Crippen LogP contribution in [0.5, 0.6) is 0 Å². The summed E-state index contributed by atoms with van der Waals surface area (Å²) >= 11 is 0. The van der Waals surface area contributed by atoms with Crippen molar-refractivity contribution in [3.05, 3.63) is 53.7 Å². The number of rotatable bonds is 7. The molecule has 0 aliphatic heterocycles. The summed E-state index contributed by atoms with van der Waals surface area (Å²) in [5.74, 6) is 0. The lowest BCUT2D eigenvalue weighted by atomic mass is 10.2. The van der Waals surface area contributed by atoms with E-state index < -0.39 is 0 Å². The molecule has 2 heteroatoms. The summed E-state index contributed by atoms with van der Waals surface area (Å²) in [6.45, 7) is 7.65. The van der Waals surface area contributed by atoms with Crippen molar-refractivity contribution in [1.29, 1.82) is 0 Å². The van der Waals surface area contributed by atoms with Crippen molar-refractivity contribution < 1.29 is 4.74 Å². The van der Waals surface area contributed by atoms with E-state index in [0.717, 1.165) is 12.3 Å². The quantitative estimate of drug-likeness (QED) is 0.585. The molecule has 0 aliphatic carbocycles. The van der Waals surface area contributed by atoms with E-state index in [2.05, 4.69) is 49.5 Å². The molecule has 1 aromatic rings. The van der Waals surface area contributed by atoms with Gasteiger partial charge in [-0.2, -0.15) is 0 Å². The van der Waals surface area contributed by atoms with Crippen LogP contribution in [-0.2, 0) is 4.74 Å². The first-order chi connectivity index (χ1) is 8.72. The minimum atomic E-state index is 0.415. The van der Waals surface area contributed by atoms with E-state index in [0.29, 0.717) is 12.6 Å². The molecule has 18 heavy (non-hydrogen) atoms. The molecule has 1 aromatic carbocycles. The topological polar surface area (TPSA) is 21.3 Å². The van der Waals surface area contributed by atoms with Gasteiger partial charge in [0.25, 0.3) is 0 Å². The molecule has 0 saturated heterocycles. The van der Waals surface area contributed by atoms with Gasteiger partial charge < -0.3 is 10.1 Å². The molecule has 0 radical (unpaired) electrons. The normalized spacial score (nSPS) is 12.3. The van der Waals surface area contributed by atoms with E-state index in [-0.39, 0.29) is 0 Å². The van der Waals surface area contributed by atoms with Crippen LogP contribution in [-0.4, -0.2) is 19.3 Å². The van der Waals surface area contributed by atoms with E-state index in [1.807, 2.05) is 25.1 Å². The van der Waals surface area contributed by atoms with Gasteiger partial charge in [0.05, 0.1) is 6.61 Å². The summed E-state index contributed by atoms with van der Waals surface area (Å²) in [5, 5.41) is 3.40. The summed E-state index contributed by atoms with van der Waals surface area (Å²) in [4.78, 5) is 0. The number of hydrogen-bond acceptors (Lipinski definition) is 2. The fraction of sp³-hybridized carbons (Fsp3) is 0.375. The summed E-state index contributed by atoms with van der Waals surface area (Å²) in [6.07, 6.45) is 6.27. The van der Waals surface area contributed by atoms with Gasteiger partial charge in [-0.3, -0.25) is 0 Å². The molecule has 0 saturated carbocycles. The summed E-state index contributed by atoms with van der Waals surface area (Å²) < 4.78 is 5.35. The van der Waals surface area contributed by atoms with Crippen LogP contribution in [0, 0.1) is 0 Å². The molecule has 2 nitrogen and oxygen atoms in total. The Labute approximate surface area is 110 Å². The van der Waals surface area contributed by atoms with Crippen LogP contribution >= 0.6 is 0 Å². The van der Waals surface area contributed by atoms with Crippen molar-refractivity contribution in [2.75, 3.05) is 13.2 Å². The molecular weight excluding hydrogens is 222 g/mol. The zero-order valence-electron chi connectivity index (χ0n) is 11.5. The van der Waals surface area contributed by atoms with Gasteiger partial charge in [0, 0.05) is 18.3 Å². The first-order valence-electron chi connectivity index (χ1n) is 6.50. The Morgan fingerprint density at radius 2 is 2.00 bits per heavy atom. The maximum absolute atomic E-state index is 5.35. The van der Waals surface area contributed by atoms with Crippen LogP contribution in [0.2, 0.25) is 0 Å². The van der Waals surface area contributed by atoms with Gasteiger partial charge in [-0.1, -0.05) is 36.4 Å². The lowest BCUT2D eigenvalue weighted by Gasteiger charge is -2.11. The molecule has 0 spiro atoms. The number of benzene rings is 1. The highest BCUT2D eigenvalue weighted by atomic mass is 16.5. The van der Waals surface area contributed by atoms with Crippen molar-refractivity contribution in [3.63, 3.8) is 0 Å². The smallest absolute Gasteiger partial charge is 0.0670 e. The molecule has 0 atom stereocenters. The van der Waals surface area contributed by atoms with Crippen LogP contribution in [0.15, 0.2) is 48.2 Å². The maximum Gasteiger partial charge on any atom is 0.0670 e. The van der Waals surface area contributed by atoms with Gasteiger partial charge in [-0.25, -0.2) is 0 Å². The molecular formula is C16H23NO. The molecule has 0 amide bonds. The second kappa shape index (κ2) is 8.54. The largest absolute Gasteiger partial charge is 0.383 e. The third kappa shape index (κ3) is 6.26. The minimum absolute atomic E-state index is 0.415. The maximum atomic E-state index is 5.35. The highest BCUT2D eigenvalue weighted by Crippen LogP contribution is 2.04. The standard InChI is InChI=1S/C16H23NO/c1-4-18-13-12-16(17-14(2)3)11-10-15-8-6-5-7-9-15/h5-12,14,17H,4,13H2,1-3H3/b11-10+,16-12-. The second-order valence-electron chi connectivity index (χ2n) is 4.36. The SMILES string of the molecule is CCOC/C=C(/C=C/c1ccccc1)NC(C)C. The van der Waals surface area contributed by atoms with Crippen LogP contribution in [0.3, 0.4) is 0 Å². The molecule has 0 heterocycles. The van der Waals surface area contributed by atoms with Gasteiger partial charge in [0.15, 0.2) is 0 Å². The van der Waals surface area contributed by atoms with E-state index in [9.17, 15) is 0 Å². The van der Waals surface area contributed by atoms with Crippen molar-refractivity contribution in [3.8, 4) is 0 Å². The zero-order chi connectivity index (χ0) is 13.2. The van der Waals surface area contributed by atoms with Crippen LogP contribution < -0.4 is 5.32 Å². The van der Waals surface area contributed by atoms with Crippen molar-refractivity contribution in [2.45, 2.75) is 26.8 Å². The molecule has 0 aromatic heterocycles. The molecule has 1 rings (SSSR count). The van der Waals surface area contributed by atoms with Gasteiger partial charge in [0.2, 0.25) is 0 Å². The molecule has 0 bridgehead atoms. The number of ether oxygens (including phenoxy) is 1. The Morgan fingerprint density at radius 1 is 1.28 bits per heavy atom. The van der Waals surface area contributed by atoms with Gasteiger partial charge >= 0.3 is 0 Å². The second-order valence-corrected chi connectivity index (χ2v) is 4.36. The predicted octanol–water partition coefficient (Wildman–Crippen LogP) is 3.62. The zero-order valence-corrected chi connectivity index (χ0v) is 11.5. The lowest BCUT2D eigenvalue weighted by Crippen LogP contribution is -2.21. The summed E-state index contributed by atoms with van der Waals surface area (Å²) in [5.41, 5.74) is 2.30. The van der Waals surface area contributed by atoms with E-state index in [4.69, 9.17) is 4.74 Å². The minimum Gasteiger partial charge on any atom is -0.383 e. The lowest BCUT2D eigenvalue weighted by molar-refractivity contribution is 0.177. The van der Waals surface area contributed by atoms with E-state index in [1.165, 1.54) is 5.56 Å². The summed E-state index contributed by atoms with van der Waals surface area (Å²) in [7, 11) is 0. The van der Waals surface area contributed by atoms with Gasteiger partial charge in [-0.15, -0.1) is 0 Å². The monoisotopic (exact) mass is 245 g/mol. The van der Waals surface area contributed by atoms with E-state index in [1.54, 1.807) is 0 Å². The molecule has 0 unspecified atom stereocenters. The average molecular weight is 245 g/mol.